The van der Waals surface area contributed by atoms with E-state index in [-0.39, 0.29) is 6.04 Å². The molecule has 0 spiro atoms. The molecule has 4 nitrogen and oxygen atoms in total. The first-order chi connectivity index (χ1) is 9.83. The van der Waals surface area contributed by atoms with Crippen molar-refractivity contribution < 1.29 is 0 Å². The molecule has 0 aliphatic heterocycles. The zero-order valence-corrected chi connectivity index (χ0v) is 11.9. The average Bonchev–Trinajstić information content (AvgIpc) is 2.92. The van der Waals surface area contributed by atoms with Gasteiger partial charge in [0, 0.05) is 18.8 Å². The van der Waals surface area contributed by atoms with Gasteiger partial charge in [-0.2, -0.15) is 0 Å². The van der Waals surface area contributed by atoms with E-state index in [1.54, 1.807) is 23.7 Å². The minimum atomic E-state index is -0.00360. The van der Waals surface area contributed by atoms with E-state index in [9.17, 15) is 0 Å². The smallest absolute Gasteiger partial charge is 0.128 e. The van der Waals surface area contributed by atoms with Crippen molar-refractivity contribution >= 4 is 21.6 Å². The molecule has 0 bridgehead atoms. The van der Waals surface area contributed by atoms with Crippen LogP contribution in [-0.2, 0) is 6.42 Å². The Bertz CT molecular complexity index is 647. The molecule has 2 heterocycles. The fourth-order valence-corrected chi connectivity index (χ4v) is 3.11. The molecule has 0 radical (unpaired) electrons. The summed E-state index contributed by atoms with van der Waals surface area (Å²) in [4.78, 5) is 13.0. The first-order valence-electron chi connectivity index (χ1n) is 6.70. The van der Waals surface area contributed by atoms with E-state index in [1.165, 1.54) is 4.70 Å². The highest BCUT2D eigenvalue weighted by molar-refractivity contribution is 7.18. The lowest BCUT2D eigenvalue weighted by Crippen LogP contribution is -2.10. The van der Waals surface area contributed by atoms with Crippen molar-refractivity contribution in [2.45, 2.75) is 25.3 Å². The lowest BCUT2D eigenvalue weighted by atomic mass is 10.1. The van der Waals surface area contributed by atoms with E-state index in [0.717, 1.165) is 35.6 Å². The Hall–Kier alpha value is -1.85. The fraction of sp³-hybridized carbons (Fsp3) is 0.267. The number of hydrogen-bond acceptors (Lipinski definition) is 5. The van der Waals surface area contributed by atoms with Crippen molar-refractivity contribution in [2.24, 2.45) is 5.73 Å². The van der Waals surface area contributed by atoms with Crippen molar-refractivity contribution in [3.05, 3.63) is 53.6 Å². The Morgan fingerprint density at radius 3 is 2.70 bits per heavy atom. The first-order valence-corrected chi connectivity index (χ1v) is 7.51. The second-order valence-electron chi connectivity index (χ2n) is 4.68. The molecule has 2 aromatic heterocycles. The molecule has 20 heavy (non-hydrogen) atoms. The molecule has 0 fully saturated rings. The number of rotatable bonds is 5. The maximum atomic E-state index is 6.23. The lowest BCUT2D eigenvalue weighted by Gasteiger charge is -2.07. The number of aromatic nitrogens is 3. The molecule has 1 unspecified atom stereocenters. The molecular weight excluding hydrogens is 268 g/mol. The summed E-state index contributed by atoms with van der Waals surface area (Å²) in [5.74, 6) is 0.879. The summed E-state index contributed by atoms with van der Waals surface area (Å²) in [6, 6.07) is 9.97. The first kappa shape index (κ1) is 13.1. The van der Waals surface area contributed by atoms with Gasteiger partial charge in [0.2, 0.25) is 0 Å². The fourth-order valence-electron chi connectivity index (χ4n) is 2.11. The zero-order chi connectivity index (χ0) is 13.8. The minimum Gasteiger partial charge on any atom is -0.322 e. The van der Waals surface area contributed by atoms with Crippen LogP contribution in [0.3, 0.4) is 0 Å². The number of hydrogen-bond donors (Lipinski definition) is 1. The Labute approximate surface area is 121 Å². The molecule has 0 aliphatic carbocycles. The largest absolute Gasteiger partial charge is 0.322 e. The SMILES string of the molecule is NC(CCCc1ncccn1)c1nc2ccccc2s1. The highest BCUT2D eigenvalue weighted by atomic mass is 32.1. The van der Waals surface area contributed by atoms with Crippen molar-refractivity contribution in [3.63, 3.8) is 0 Å². The van der Waals surface area contributed by atoms with E-state index in [1.807, 2.05) is 24.3 Å². The van der Waals surface area contributed by atoms with E-state index in [2.05, 4.69) is 21.0 Å². The van der Waals surface area contributed by atoms with Crippen LogP contribution in [0.1, 0.15) is 29.7 Å². The highest BCUT2D eigenvalue weighted by Gasteiger charge is 2.11. The number of thiazole rings is 1. The van der Waals surface area contributed by atoms with Gasteiger partial charge in [0.1, 0.15) is 10.8 Å². The Balaban J connectivity index is 1.60. The van der Waals surface area contributed by atoms with Crippen molar-refractivity contribution in [1.82, 2.24) is 15.0 Å². The third-order valence-corrected chi connectivity index (χ3v) is 4.33. The van der Waals surface area contributed by atoms with Crippen LogP contribution in [0.25, 0.3) is 10.2 Å². The number of para-hydroxylation sites is 1. The second-order valence-corrected chi connectivity index (χ2v) is 5.75. The standard InChI is InChI=1S/C15H16N4S/c16-11(5-3-8-14-17-9-4-10-18-14)15-19-12-6-1-2-7-13(12)20-15/h1-2,4,6-7,9-11H,3,5,8,16H2. The van der Waals surface area contributed by atoms with Gasteiger partial charge in [0.25, 0.3) is 0 Å². The predicted molar refractivity (Wildman–Crippen MR) is 81.5 cm³/mol. The van der Waals surface area contributed by atoms with Gasteiger partial charge >= 0.3 is 0 Å². The maximum absolute atomic E-state index is 6.23. The van der Waals surface area contributed by atoms with E-state index in [0.29, 0.717) is 0 Å². The molecule has 0 aliphatic rings. The monoisotopic (exact) mass is 284 g/mol. The summed E-state index contributed by atoms with van der Waals surface area (Å²) in [6.07, 6.45) is 6.28. The van der Waals surface area contributed by atoms with Crippen molar-refractivity contribution in [2.75, 3.05) is 0 Å². The van der Waals surface area contributed by atoms with E-state index >= 15 is 0 Å². The highest BCUT2D eigenvalue weighted by Crippen LogP contribution is 2.27. The average molecular weight is 284 g/mol. The molecular formula is C15H16N4S. The van der Waals surface area contributed by atoms with Crippen LogP contribution >= 0.6 is 11.3 Å². The van der Waals surface area contributed by atoms with Crippen LogP contribution in [0.2, 0.25) is 0 Å². The number of aryl methyl sites for hydroxylation is 1. The van der Waals surface area contributed by atoms with Gasteiger partial charge in [-0.3, -0.25) is 0 Å². The van der Waals surface area contributed by atoms with Crippen LogP contribution in [0.4, 0.5) is 0 Å². The Kier molecular flexibility index (Phi) is 3.99. The Morgan fingerprint density at radius 1 is 1.10 bits per heavy atom. The van der Waals surface area contributed by atoms with Crippen LogP contribution in [0.15, 0.2) is 42.7 Å². The number of fused-ring (bicyclic) bond motifs is 1. The number of nitrogens with zero attached hydrogens (tertiary/aromatic N) is 3. The normalized spacial score (nSPS) is 12.7. The van der Waals surface area contributed by atoms with Gasteiger partial charge in [-0.05, 0) is 31.0 Å². The second kappa shape index (κ2) is 6.07. The molecule has 5 heteroatoms. The van der Waals surface area contributed by atoms with Crippen molar-refractivity contribution in [1.29, 1.82) is 0 Å². The molecule has 0 saturated heterocycles. The minimum absolute atomic E-state index is 0.00360. The molecule has 0 saturated carbocycles. The van der Waals surface area contributed by atoms with Gasteiger partial charge in [-0.25, -0.2) is 15.0 Å². The van der Waals surface area contributed by atoms with Gasteiger partial charge in [-0.15, -0.1) is 11.3 Å². The molecule has 102 valence electrons. The lowest BCUT2D eigenvalue weighted by molar-refractivity contribution is 0.600. The van der Waals surface area contributed by atoms with E-state index < -0.39 is 0 Å². The third kappa shape index (κ3) is 3.00. The van der Waals surface area contributed by atoms with Crippen LogP contribution in [0, 0.1) is 0 Å². The summed E-state index contributed by atoms with van der Waals surface area (Å²) < 4.78 is 1.20. The van der Waals surface area contributed by atoms with E-state index in [4.69, 9.17) is 5.73 Å². The number of benzene rings is 1. The molecule has 3 aromatic rings. The molecule has 2 N–H and O–H groups in total. The quantitative estimate of drug-likeness (QED) is 0.782. The third-order valence-electron chi connectivity index (χ3n) is 3.16. The summed E-state index contributed by atoms with van der Waals surface area (Å²) in [5.41, 5.74) is 7.27. The summed E-state index contributed by atoms with van der Waals surface area (Å²) in [6.45, 7) is 0. The summed E-state index contributed by atoms with van der Waals surface area (Å²) in [5, 5.41) is 1.01. The van der Waals surface area contributed by atoms with Gasteiger partial charge in [-0.1, -0.05) is 12.1 Å². The maximum Gasteiger partial charge on any atom is 0.128 e. The van der Waals surface area contributed by atoms with Crippen molar-refractivity contribution in [3.8, 4) is 0 Å². The molecule has 1 aromatic carbocycles. The number of nitrogens with two attached hydrogens (primary N) is 1. The Morgan fingerprint density at radius 2 is 1.90 bits per heavy atom. The van der Waals surface area contributed by atoms with Gasteiger partial charge in [0.15, 0.2) is 0 Å². The summed E-state index contributed by atoms with van der Waals surface area (Å²) in [7, 11) is 0. The zero-order valence-electron chi connectivity index (χ0n) is 11.1. The topological polar surface area (TPSA) is 64.7 Å². The van der Waals surface area contributed by atoms with Crippen LogP contribution in [0.5, 0.6) is 0 Å². The molecule has 1 atom stereocenters. The molecule has 0 amide bonds. The van der Waals surface area contributed by atoms with Gasteiger partial charge < -0.3 is 5.73 Å². The van der Waals surface area contributed by atoms with Gasteiger partial charge in [0.05, 0.1) is 16.3 Å². The summed E-state index contributed by atoms with van der Waals surface area (Å²) >= 11 is 1.68. The van der Waals surface area contributed by atoms with Crippen LogP contribution < -0.4 is 5.73 Å². The molecule has 3 rings (SSSR count). The van der Waals surface area contributed by atoms with Crippen LogP contribution in [-0.4, -0.2) is 15.0 Å². The predicted octanol–water partition coefficient (Wildman–Crippen LogP) is 3.11.